The molecule has 0 amide bonds. The first-order chi connectivity index (χ1) is 7.61. The fourth-order valence-electron chi connectivity index (χ4n) is 1.14. The van der Waals surface area contributed by atoms with Gasteiger partial charge in [-0.1, -0.05) is 36.5 Å². The summed E-state index contributed by atoms with van der Waals surface area (Å²) < 4.78 is 0. The molecule has 0 bridgehead atoms. The quantitative estimate of drug-likeness (QED) is 0.468. The van der Waals surface area contributed by atoms with Gasteiger partial charge in [0.25, 0.3) is 5.95 Å². The van der Waals surface area contributed by atoms with Crippen LogP contribution in [0.4, 0.5) is 0 Å². The van der Waals surface area contributed by atoms with Crippen molar-refractivity contribution in [1.82, 2.24) is 0 Å². The van der Waals surface area contributed by atoms with Gasteiger partial charge in [0.15, 0.2) is 0 Å². The second-order valence-electron chi connectivity index (χ2n) is 3.26. The zero-order valence-corrected chi connectivity index (χ0v) is 10.4. The van der Waals surface area contributed by atoms with Crippen molar-refractivity contribution in [3.63, 3.8) is 0 Å². The molecule has 0 aliphatic heterocycles. The Morgan fingerprint density at radius 2 is 1.12 bits per heavy atom. The second-order valence-corrected chi connectivity index (χ2v) is 3.26. The summed E-state index contributed by atoms with van der Waals surface area (Å²) >= 11 is 0. The van der Waals surface area contributed by atoms with Crippen LogP contribution >= 0.6 is 0 Å². The van der Waals surface area contributed by atoms with Crippen molar-refractivity contribution in [3.05, 3.63) is 71.5 Å². The van der Waals surface area contributed by atoms with Gasteiger partial charge in [-0.05, 0) is 19.1 Å². The summed E-state index contributed by atoms with van der Waals surface area (Å²) in [5.41, 5.74) is 1.37. The summed E-state index contributed by atoms with van der Waals surface area (Å²) in [5, 5.41) is 25.6. The van der Waals surface area contributed by atoms with Crippen molar-refractivity contribution < 1.29 is 32.4 Å². The normalized spacial score (nSPS) is 14.4. The summed E-state index contributed by atoms with van der Waals surface area (Å²) in [6, 6.07) is 0. The van der Waals surface area contributed by atoms with E-state index in [2.05, 4.69) is 0 Å². The summed E-state index contributed by atoms with van der Waals surface area (Å²) in [6.45, 7) is 1.68. The van der Waals surface area contributed by atoms with Crippen LogP contribution in [0.2, 0.25) is 0 Å². The SMILES string of the molecule is CC(O)=C1C=CC=C1.OC(O)=C1C=CC=C1.[Fe]. The summed E-state index contributed by atoms with van der Waals surface area (Å²) in [7, 11) is 0. The standard InChI is InChI=1S/C7H8O.C6H6O2.Fe/c1-6(8)7-4-2-3-5-7;7-6(8)5-3-1-2-4-5;/h2-5,8H,1H3;1-4,7-8H;. The van der Waals surface area contributed by atoms with Crippen LogP contribution < -0.4 is 0 Å². The Morgan fingerprint density at radius 3 is 1.29 bits per heavy atom. The largest absolute Gasteiger partial charge is 0.512 e. The van der Waals surface area contributed by atoms with E-state index in [1.807, 2.05) is 24.3 Å². The predicted molar refractivity (Wildman–Crippen MR) is 64.2 cm³/mol. The molecule has 0 saturated heterocycles. The van der Waals surface area contributed by atoms with Crippen LogP contribution in [0, 0.1) is 0 Å². The van der Waals surface area contributed by atoms with Gasteiger partial charge < -0.3 is 15.3 Å². The van der Waals surface area contributed by atoms with E-state index in [0.29, 0.717) is 11.3 Å². The van der Waals surface area contributed by atoms with Gasteiger partial charge in [-0.15, -0.1) is 0 Å². The van der Waals surface area contributed by atoms with Crippen molar-refractivity contribution in [1.29, 1.82) is 0 Å². The molecule has 0 aromatic rings. The molecule has 3 nitrogen and oxygen atoms in total. The number of aliphatic hydroxyl groups is 3. The van der Waals surface area contributed by atoms with Crippen LogP contribution in [0.1, 0.15) is 6.92 Å². The van der Waals surface area contributed by atoms with E-state index in [4.69, 9.17) is 15.3 Å². The van der Waals surface area contributed by atoms with Crippen LogP contribution in [-0.2, 0) is 17.1 Å². The Bertz CT molecular complexity index is 360. The Morgan fingerprint density at radius 1 is 0.765 bits per heavy atom. The van der Waals surface area contributed by atoms with Gasteiger partial charge in [-0.2, -0.15) is 0 Å². The third-order valence-corrected chi connectivity index (χ3v) is 2.00. The first kappa shape index (κ1) is 15.4. The third-order valence-electron chi connectivity index (χ3n) is 2.00. The Labute approximate surface area is 111 Å². The molecule has 0 spiro atoms. The molecule has 0 atom stereocenters. The number of allylic oxidation sites excluding steroid dienone is 11. The Hall–Kier alpha value is -1.64. The molecule has 92 valence electrons. The fourth-order valence-corrected chi connectivity index (χ4v) is 1.14. The Kier molecular flexibility index (Phi) is 6.87. The monoisotopic (exact) mass is 274 g/mol. The van der Waals surface area contributed by atoms with Crippen LogP contribution in [0.5, 0.6) is 0 Å². The summed E-state index contributed by atoms with van der Waals surface area (Å²) in [4.78, 5) is 0. The Balaban J connectivity index is 0.000000284. The van der Waals surface area contributed by atoms with E-state index in [0.717, 1.165) is 5.57 Å². The van der Waals surface area contributed by atoms with Gasteiger partial charge in [0.05, 0.1) is 11.3 Å². The number of aliphatic hydroxyl groups excluding tert-OH is 2. The minimum Gasteiger partial charge on any atom is -0.512 e. The van der Waals surface area contributed by atoms with E-state index < -0.39 is 5.95 Å². The second kappa shape index (κ2) is 7.60. The predicted octanol–water partition coefficient (Wildman–Crippen LogP) is 3.38. The van der Waals surface area contributed by atoms with Crippen molar-refractivity contribution in [2.24, 2.45) is 0 Å². The van der Waals surface area contributed by atoms with Gasteiger partial charge in [0.2, 0.25) is 0 Å². The van der Waals surface area contributed by atoms with Crippen LogP contribution in [0.3, 0.4) is 0 Å². The van der Waals surface area contributed by atoms with Gasteiger partial charge in [-0.3, -0.25) is 0 Å². The molecule has 0 unspecified atom stereocenters. The summed E-state index contributed by atoms with van der Waals surface area (Å²) in [6.07, 6.45) is 14.3. The number of rotatable bonds is 0. The molecule has 2 aliphatic rings. The molecule has 3 N–H and O–H groups in total. The maximum Gasteiger partial charge on any atom is 0.281 e. The molecule has 0 aromatic carbocycles. The molecule has 0 saturated carbocycles. The first-order valence-electron chi connectivity index (χ1n) is 4.83. The van der Waals surface area contributed by atoms with E-state index in [1.165, 1.54) is 0 Å². The van der Waals surface area contributed by atoms with Crippen molar-refractivity contribution >= 4 is 0 Å². The maximum absolute atomic E-state index is 8.83. The molecule has 17 heavy (non-hydrogen) atoms. The topological polar surface area (TPSA) is 60.7 Å². The zero-order valence-electron chi connectivity index (χ0n) is 9.31. The van der Waals surface area contributed by atoms with Crippen molar-refractivity contribution in [2.45, 2.75) is 6.92 Å². The summed E-state index contributed by atoms with van der Waals surface area (Å²) in [5.74, 6) is -0.231. The average Bonchev–Trinajstić information content (AvgIpc) is 2.93. The number of hydrogen-bond donors (Lipinski definition) is 3. The molecular weight excluding hydrogens is 260 g/mol. The minimum atomic E-state index is -0.616. The van der Waals surface area contributed by atoms with Crippen LogP contribution in [0.15, 0.2) is 71.5 Å². The molecular formula is C13H14FeO3. The third kappa shape index (κ3) is 5.29. The zero-order chi connectivity index (χ0) is 12.0. The molecule has 0 fully saturated rings. The van der Waals surface area contributed by atoms with Gasteiger partial charge in [-0.25, -0.2) is 0 Å². The van der Waals surface area contributed by atoms with Gasteiger partial charge in [0, 0.05) is 22.6 Å². The van der Waals surface area contributed by atoms with E-state index in [-0.39, 0.29) is 17.1 Å². The van der Waals surface area contributed by atoms with E-state index >= 15 is 0 Å². The molecule has 2 aliphatic carbocycles. The van der Waals surface area contributed by atoms with E-state index in [1.54, 1.807) is 31.2 Å². The van der Waals surface area contributed by atoms with Crippen molar-refractivity contribution in [2.75, 3.05) is 0 Å². The smallest absolute Gasteiger partial charge is 0.281 e. The average molecular weight is 274 g/mol. The van der Waals surface area contributed by atoms with Crippen LogP contribution in [0.25, 0.3) is 0 Å². The van der Waals surface area contributed by atoms with Crippen LogP contribution in [-0.4, -0.2) is 15.3 Å². The van der Waals surface area contributed by atoms with Crippen molar-refractivity contribution in [3.8, 4) is 0 Å². The molecule has 4 heteroatoms. The van der Waals surface area contributed by atoms with Gasteiger partial charge >= 0.3 is 0 Å². The van der Waals surface area contributed by atoms with Gasteiger partial charge in [0.1, 0.15) is 0 Å². The molecule has 0 heterocycles. The molecule has 0 aromatic heterocycles. The maximum atomic E-state index is 8.83. The fraction of sp³-hybridized carbons (Fsp3) is 0.0769. The first-order valence-corrected chi connectivity index (χ1v) is 4.83. The minimum absolute atomic E-state index is 0. The number of hydrogen-bond acceptors (Lipinski definition) is 3. The molecule has 2 rings (SSSR count). The molecule has 0 radical (unpaired) electrons. The van der Waals surface area contributed by atoms with E-state index in [9.17, 15) is 0 Å².